The summed E-state index contributed by atoms with van der Waals surface area (Å²) in [5.74, 6) is 2.64. The van der Waals surface area contributed by atoms with Crippen LogP contribution >= 0.6 is 0 Å². The molecule has 1 aliphatic heterocycles. The van der Waals surface area contributed by atoms with Gasteiger partial charge in [-0.1, -0.05) is 6.07 Å². The Kier molecular flexibility index (Phi) is 5.53. The Hall–Kier alpha value is -3.26. The van der Waals surface area contributed by atoms with Crippen molar-refractivity contribution >= 4 is 0 Å². The fourth-order valence-corrected chi connectivity index (χ4v) is 3.59. The highest BCUT2D eigenvalue weighted by molar-refractivity contribution is 5.56. The number of nitrogens with zero attached hydrogens (tertiary/aromatic N) is 5. The first-order chi connectivity index (χ1) is 14.2. The van der Waals surface area contributed by atoms with E-state index in [2.05, 4.69) is 19.9 Å². The monoisotopic (exact) mass is 393 g/mol. The van der Waals surface area contributed by atoms with Crippen LogP contribution in [-0.2, 0) is 19.5 Å². The molecular formula is C21H23N5O3. The van der Waals surface area contributed by atoms with Crippen LogP contribution in [0.5, 0.6) is 17.2 Å². The maximum Gasteiger partial charge on any atom is 0.203 e. The van der Waals surface area contributed by atoms with E-state index in [0.717, 1.165) is 48.4 Å². The Bertz CT molecular complexity index is 997. The molecule has 4 rings (SSSR count). The van der Waals surface area contributed by atoms with Gasteiger partial charge in [-0.25, -0.2) is 19.9 Å². The van der Waals surface area contributed by atoms with Crippen LogP contribution in [0.1, 0.15) is 16.8 Å². The van der Waals surface area contributed by atoms with E-state index >= 15 is 0 Å². The molecule has 0 aliphatic carbocycles. The van der Waals surface area contributed by atoms with Crippen molar-refractivity contribution in [3.63, 3.8) is 0 Å². The number of ether oxygens (including phenoxy) is 3. The summed E-state index contributed by atoms with van der Waals surface area (Å²) in [5.41, 5.74) is 4.09. The second-order valence-corrected chi connectivity index (χ2v) is 6.75. The normalized spacial score (nSPS) is 13.6. The van der Waals surface area contributed by atoms with E-state index in [9.17, 15) is 0 Å². The molecule has 3 aromatic rings. The van der Waals surface area contributed by atoms with Crippen molar-refractivity contribution in [2.75, 3.05) is 27.9 Å². The molecule has 0 amide bonds. The van der Waals surface area contributed by atoms with Crippen LogP contribution < -0.4 is 14.2 Å². The average molecular weight is 393 g/mol. The lowest BCUT2D eigenvalue weighted by Gasteiger charge is -2.29. The lowest BCUT2D eigenvalue weighted by Crippen LogP contribution is -2.31. The molecule has 0 saturated heterocycles. The number of aromatic nitrogens is 4. The summed E-state index contributed by atoms with van der Waals surface area (Å²) in [7, 11) is 4.89. The zero-order chi connectivity index (χ0) is 20.2. The van der Waals surface area contributed by atoms with E-state index in [0.29, 0.717) is 23.1 Å². The van der Waals surface area contributed by atoms with Gasteiger partial charge in [0.25, 0.3) is 0 Å². The average Bonchev–Trinajstić information content (AvgIpc) is 2.78. The first kappa shape index (κ1) is 19.1. The Labute approximate surface area is 169 Å². The van der Waals surface area contributed by atoms with Gasteiger partial charge in [-0.15, -0.1) is 0 Å². The van der Waals surface area contributed by atoms with Gasteiger partial charge in [0.1, 0.15) is 6.33 Å². The van der Waals surface area contributed by atoms with E-state index in [1.807, 2.05) is 18.3 Å². The smallest absolute Gasteiger partial charge is 0.203 e. The van der Waals surface area contributed by atoms with Crippen LogP contribution in [-0.4, -0.2) is 52.7 Å². The molecule has 0 radical (unpaired) electrons. The third kappa shape index (κ3) is 3.84. The van der Waals surface area contributed by atoms with Gasteiger partial charge in [0, 0.05) is 55.8 Å². The molecule has 8 nitrogen and oxygen atoms in total. The number of rotatable bonds is 6. The summed E-state index contributed by atoms with van der Waals surface area (Å²) < 4.78 is 16.5. The molecule has 29 heavy (non-hydrogen) atoms. The molecule has 150 valence electrons. The minimum absolute atomic E-state index is 0.614. The molecule has 8 heteroatoms. The van der Waals surface area contributed by atoms with Crippen molar-refractivity contribution in [1.82, 2.24) is 24.8 Å². The quantitative estimate of drug-likeness (QED) is 0.632. The Morgan fingerprint density at radius 2 is 1.76 bits per heavy atom. The minimum atomic E-state index is 0.614. The maximum absolute atomic E-state index is 5.62. The highest BCUT2D eigenvalue weighted by atomic mass is 16.5. The topological polar surface area (TPSA) is 82.5 Å². The van der Waals surface area contributed by atoms with Crippen molar-refractivity contribution in [2.45, 2.75) is 19.5 Å². The predicted octanol–water partition coefficient (Wildman–Crippen LogP) is 2.52. The first-order valence-electron chi connectivity index (χ1n) is 9.33. The van der Waals surface area contributed by atoms with Crippen molar-refractivity contribution in [3.8, 4) is 28.6 Å². The number of benzene rings is 1. The molecule has 0 N–H and O–H groups in total. The molecule has 3 heterocycles. The molecular weight excluding hydrogens is 370 g/mol. The molecule has 1 aromatic carbocycles. The summed E-state index contributed by atoms with van der Waals surface area (Å²) in [6, 6.07) is 3.93. The number of methoxy groups -OCH3 is 3. The van der Waals surface area contributed by atoms with Crippen LogP contribution in [0.25, 0.3) is 11.4 Å². The highest BCUT2D eigenvalue weighted by Crippen LogP contribution is 2.40. The van der Waals surface area contributed by atoms with Crippen LogP contribution in [0, 0.1) is 0 Å². The van der Waals surface area contributed by atoms with Crippen LogP contribution in [0.3, 0.4) is 0 Å². The Balaban J connectivity index is 1.54. The van der Waals surface area contributed by atoms with E-state index in [1.165, 1.54) is 6.33 Å². The fraction of sp³-hybridized carbons (Fsp3) is 0.333. The standard InChI is InChI=1S/C21H23N5O3/c1-27-18-5-4-14(19(28-2)20(18)29-3)11-26-7-6-17-16(12-26)10-24-21(25-17)15-8-22-13-23-9-15/h4-5,8-10,13H,6-7,11-12H2,1-3H3. The van der Waals surface area contributed by atoms with E-state index in [1.54, 1.807) is 33.7 Å². The molecule has 0 fully saturated rings. The van der Waals surface area contributed by atoms with Gasteiger partial charge >= 0.3 is 0 Å². The van der Waals surface area contributed by atoms with E-state index in [-0.39, 0.29) is 0 Å². The zero-order valence-corrected chi connectivity index (χ0v) is 16.8. The molecule has 2 aromatic heterocycles. The third-order valence-corrected chi connectivity index (χ3v) is 5.01. The summed E-state index contributed by atoms with van der Waals surface area (Å²) in [6.45, 7) is 2.40. The molecule has 0 bridgehead atoms. The summed E-state index contributed by atoms with van der Waals surface area (Å²) in [6.07, 6.45) is 7.72. The van der Waals surface area contributed by atoms with Crippen molar-refractivity contribution in [3.05, 3.63) is 53.9 Å². The number of hydrogen-bond acceptors (Lipinski definition) is 8. The van der Waals surface area contributed by atoms with Gasteiger partial charge in [0.15, 0.2) is 17.3 Å². The number of hydrogen-bond donors (Lipinski definition) is 0. The molecule has 0 saturated carbocycles. The van der Waals surface area contributed by atoms with Crippen molar-refractivity contribution in [1.29, 1.82) is 0 Å². The maximum atomic E-state index is 5.62. The van der Waals surface area contributed by atoms with Crippen LogP contribution in [0.4, 0.5) is 0 Å². The molecule has 0 spiro atoms. The van der Waals surface area contributed by atoms with Gasteiger partial charge in [-0.2, -0.15) is 0 Å². The molecule has 0 atom stereocenters. The second-order valence-electron chi connectivity index (χ2n) is 6.75. The van der Waals surface area contributed by atoms with Gasteiger partial charge < -0.3 is 14.2 Å². The second kappa shape index (κ2) is 8.40. The summed E-state index contributed by atoms with van der Waals surface area (Å²) >= 11 is 0. The first-order valence-corrected chi connectivity index (χ1v) is 9.33. The minimum Gasteiger partial charge on any atom is -0.493 e. The highest BCUT2D eigenvalue weighted by Gasteiger charge is 2.22. The summed E-state index contributed by atoms with van der Waals surface area (Å²) in [5, 5.41) is 0. The van der Waals surface area contributed by atoms with Gasteiger partial charge in [-0.3, -0.25) is 4.90 Å². The largest absolute Gasteiger partial charge is 0.493 e. The Morgan fingerprint density at radius 1 is 0.966 bits per heavy atom. The molecule has 1 aliphatic rings. The van der Waals surface area contributed by atoms with Crippen LogP contribution in [0.15, 0.2) is 37.1 Å². The predicted molar refractivity (Wildman–Crippen MR) is 107 cm³/mol. The van der Waals surface area contributed by atoms with Gasteiger partial charge in [0.2, 0.25) is 5.75 Å². The van der Waals surface area contributed by atoms with Crippen molar-refractivity contribution < 1.29 is 14.2 Å². The van der Waals surface area contributed by atoms with E-state index in [4.69, 9.17) is 19.2 Å². The van der Waals surface area contributed by atoms with Gasteiger partial charge in [0.05, 0.1) is 32.6 Å². The zero-order valence-electron chi connectivity index (χ0n) is 16.8. The number of fused-ring (bicyclic) bond motifs is 1. The Morgan fingerprint density at radius 3 is 2.48 bits per heavy atom. The van der Waals surface area contributed by atoms with Crippen LogP contribution in [0.2, 0.25) is 0 Å². The summed E-state index contributed by atoms with van der Waals surface area (Å²) in [4.78, 5) is 19.7. The molecule has 0 unspecified atom stereocenters. The third-order valence-electron chi connectivity index (χ3n) is 5.01. The van der Waals surface area contributed by atoms with Crippen molar-refractivity contribution in [2.24, 2.45) is 0 Å². The van der Waals surface area contributed by atoms with E-state index < -0.39 is 0 Å². The fourth-order valence-electron chi connectivity index (χ4n) is 3.59. The lowest BCUT2D eigenvalue weighted by atomic mass is 10.1. The lowest BCUT2D eigenvalue weighted by molar-refractivity contribution is 0.237. The van der Waals surface area contributed by atoms with Gasteiger partial charge in [-0.05, 0) is 6.07 Å². The SMILES string of the molecule is COc1ccc(CN2CCc3nc(-c4cncnc4)ncc3C2)c(OC)c1OC.